The summed E-state index contributed by atoms with van der Waals surface area (Å²) in [6.45, 7) is 0. The molecule has 0 saturated carbocycles. The summed E-state index contributed by atoms with van der Waals surface area (Å²) >= 11 is 1.27. The third-order valence-electron chi connectivity index (χ3n) is 2.25. The highest BCUT2D eigenvalue weighted by Crippen LogP contribution is 2.34. The van der Waals surface area contributed by atoms with Gasteiger partial charge in [0.25, 0.3) is 0 Å². The molecule has 0 aliphatic rings. The third kappa shape index (κ3) is 3.02. The molecule has 1 aromatic heterocycles. The minimum Gasteiger partial charge on any atom is -0.405 e. The molecule has 0 bridgehead atoms. The number of halogens is 3. The van der Waals surface area contributed by atoms with Gasteiger partial charge in [0.05, 0.1) is 0 Å². The molecule has 1 heterocycles. The number of hydrogen-bond acceptors (Lipinski definition) is 3. The van der Waals surface area contributed by atoms with Crippen molar-refractivity contribution in [1.82, 2.24) is 0 Å². The lowest BCUT2D eigenvalue weighted by Crippen LogP contribution is -2.18. The predicted molar refractivity (Wildman–Crippen MR) is 61.5 cm³/mol. The molecule has 0 spiro atoms. The van der Waals surface area contributed by atoms with E-state index in [2.05, 4.69) is 4.74 Å². The van der Waals surface area contributed by atoms with E-state index in [1.54, 1.807) is 23.6 Å². The zero-order valence-corrected chi connectivity index (χ0v) is 9.83. The average Bonchev–Trinajstić information content (AvgIpc) is 2.80. The molecule has 18 heavy (non-hydrogen) atoms. The molecule has 0 fully saturated rings. The van der Waals surface area contributed by atoms with Gasteiger partial charge in [-0.3, -0.25) is 0 Å². The summed E-state index contributed by atoms with van der Waals surface area (Å²) in [4.78, 5) is 0.563. The molecule has 96 valence electrons. The number of thiophene rings is 1. The van der Waals surface area contributed by atoms with Crippen LogP contribution in [0.5, 0.6) is 5.75 Å². The molecule has 1 atom stereocenters. The number of ether oxygens (including phenoxy) is 1. The van der Waals surface area contributed by atoms with Gasteiger partial charge in [-0.15, -0.1) is 24.5 Å². The third-order valence-corrected chi connectivity index (χ3v) is 3.18. The number of para-hydroxylation sites is 1. The van der Waals surface area contributed by atoms with Crippen molar-refractivity contribution in [3.8, 4) is 5.75 Å². The molecule has 6 heteroatoms. The topological polar surface area (TPSA) is 29.5 Å². The molecule has 1 N–H and O–H groups in total. The van der Waals surface area contributed by atoms with Crippen LogP contribution in [-0.2, 0) is 0 Å². The van der Waals surface area contributed by atoms with Crippen LogP contribution in [-0.4, -0.2) is 11.5 Å². The Morgan fingerprint density at radius 1 is 1.11 bits per heavy atom. The minimum atomic E-state index is -4.77. The van der Waals surface area contributed by atoms with Crippen molar-refractivity contribution >= 4 is 11.3 Å². The van der Waals surface area contributed by atoms with Gasteiger partial charge >= 0.3 is 6.36 Å². The van der Waals surface area contributed by atoms with E-state index in [0.717, 1.165) is 0 Å². The van der Waals surface area contributed by atoms with Crippen LogP contribution >= 0.6 is 11.3 Å². The molecule has 0 aliphatic heterocycles. The maximum atomic E-state index is 12.2. The van der Waals surface area contributed by atoms with Crippen LogP contribution < -0.4 is 4.74 Å². The molecule has 0 amide bonds. The maximum Gasteiger partial charge on any atom is 0.573 e. The van der Waals surface area contributed by atoms with E-state index in [9.17, 15) is 18.3 Å². The summed E-state index contributed by atoms with van der Waals surface area (Å²) in [7, 11) is 0. The highest BCUT2D eigenvalue weighted by atomic mass is 32.1. The lowest BCUT2D eigenvalue weighted by Gasteiger charge is -2.16. The van der Waals surface area contributed by atoms with E-state index in [1.807, 2.05) is 0 Å². The van der Waals surface area contributed by atoms with E-state index in [0.29, 0.717) is 4.88 Å². The molecule has 0 saturated heterocycles. The summed E-state index contributed by atoms with van der Waals surface area (Å²) in [5.41, 5.74) is 0.0947. The van der Waals surface area contributed by atoms with Gasteiger partial charge in [-0.25, -0.2) is 0 Å². The summed E-state index contributed by atoms with van der Waals surface area (Å²) in [5, 5.41) is 11.8. The van der Waals surface area contributed by atoms with Crippen molar-refractivity contribution in [3.63, 3.8) is 0 Å². The average molecular weight is 274 g/mol. The van der Waals surface area contributed by atoms with Gasteiger partial charge < -0.3 is 9.84 Å². The largest absolute Gasteiger partial charge is 0.573 e. The standard InChI is InChI=1S/C12H9F3O2S/c13-12(14,15)17-9-5-2-1-4-8(9)11(16)10-6-3-7-18-10/h1-7,11,16H. The van der Waals surface area contributed by atoms with Crippen molar-refractivity contribution in [2.45, 2.75) is 12.5 Å². The first kappa shape index (κ1) is 12.9. The molecule has 0 radical (unpaired) electrons. The minimum absolute atomic E-state index is 0.0947. The first-order chi connectivity index (χ1) is 8.47. The zero-order valence-electron chi connectivity index (χ0n) is 9.02. The van der Waals surface area contributed by atoms with Crippen molar-refractivity contribution in [2.75, 3.05) is 0 Å². The van der Waals surface area contributed by atoms with E-state index < -0.39 is 12.5 Å². The van der Waals surface area contributed by atoms with Crippen LogP contribution in [0.25, 0.3) is 0 Å². The molecular formula is C12H9F3O2S. The van der Waals surface area contributed by atoms with Crippen LogP contribution in [0.4, 0.5) is 13.2 Å². The fraction of sp³-hybridized carbons (Fsp3) is 0.167. The molecule has 2 aromatic rings. The van der Waals surface area contributed by atoms with Gasteiger partial charge in [0.2, 0.25) is 0 Å². The Labute approximate surface area is 105 Å². The second-order valence-corrected chi connectivity index (χ2v) is 4.48. The van der Waals surface area contributed by atoms with E-state index in [1.165, 1.54) is 29.5 Å². The van der Waals surface area contributed by atoms with Gasteiger partial charge in [-0.1, -0.05) is 24.3 Å². The highest BCUT2D eigenvalue weighted by Gasteiger charge is 2.33. The predicted octanol–water partition coefficient (Wildman–Crippen LogP) is 3.73. The Morgan fingerprint density at radius 2 is 1.83 bits per heavy atom. The van der Waals surface area contributed by atoms with Gasteiger partial charge in [0, 0.05) is 10.4 Å². The number of aliphatic hydroxyl groups excluding tert-OH is 1. The number of alkyl halides is 3. The summed E-state index contributed by atoms with van der Waals surface area (Å²) in [6, 6.07) is 8.93. The fourth-order valence-electron chi connectivity index (χ4n) is 1.52. The van der Waals surface area contributed by atoms with Gasteiger partial charge in [-0.2, -0.15) is 0 Å². The molecule has 1 aromatic carbocycles. The fourth-order valence-corrected chi connectivity index (χ4v) is 2.25. The molecular weight excluding hydrogens is 265 g/mol. The first-order valence-electron chi connectivity index (χ1n) is 5.03. The quantitative estimate of drug-likeness (QED) is 0.924. The van der Waals surface area contributed by atoms with E-state index in [4.69, 9.17) is 0 Å². The molecule has 1 unspecified atom stereocenters. The van der Waals surface area contributed by atoms with Crippen LogP contribution in [0.3, 0.4) is 0 Å². The molecule has 0 aliphatic carbocycles. The smallest absolute Gasteiger partial charge is 0.405 e. The summed E-state index contributed by atoms with van der Waals surface area (Å²) in [6.07, 6.45) is -5.89. The summed E-state index contributed by atoms with van der Waals surface area (Å²) in [5.74, 6) is -0.383. The van der Waals surface area contributed by atoms with Gasteiger partial charge in [0.1, 0.15) is 11.9 Å². The number of hydrogen-bond donors (Lipinski definition) is 1. The molecule has 2 rings (SSSR count). The van der Waals surface area contributed by atoms with Crippen LogP contribution in [0.15, 0.2) is 41.8 Å². The zero-order chi connectivity index (χ0) is 13.2. The van der Waals surface area contributed by atoms with Crippen molar-refractivity contribution in [3.05, 3.63) is 52.2 Å². The van der Waals surface area contributed by atoms with Gasteiger partial charge in [0.15, 0.2) is 0 Å². The highest BCUT2D eigenvalue weighted by molar-refractivity contribution is 7.10. The Hall–Kier alpha value is -1.53. The van der Waals surface area contributed by atoms with Crippen LogP contribution in [0.2, 0.25) is 0 Å². The Kier molecular flexibility index (Phi) is 3.58. The molecule has 2 nitrogen and oxygen atoms in total. The van der Waals surface area contributed by atoms with Crippen molar-refractivity contribution in [1.29, 1.82) is 0 Å². The SMILES string of the molecule is OC(c1cccs1)c1ccccc1OC(F)(F)F. The van der Waals surface area contributed by atoms with Gasteiger partial charge in [-0.05, 0) is 17.5 Å². The monoisotopic (exact) mass is 274 g/mol. The first-order valence-corrected chi connectivity index (χ1v) is 5.91. The van der Waals surface area contributed by atoms with Crippen molar-refractivity contribution < 1.29 is 23.0 Å². The second-order valence-electron chi connectivity index (χ2n) is 3.50. The van der Waals surface area contributed by atoms with Crippen molar-refractivity contribution in [2.24, 2.45) is 0 Å². The second kappa shape index (κ2) is 4.99. The number of benzene rings is 1. The summed E-state index contributed by atoms with van der Waals surface area (Å²) < 4.78 is 40.6. The lowest BCUT2D eigenvalue weighted by molar-refractivity contribution is -0.275. The van der Waals surface area contributed by atoms with E-state index in [-0.39, 0.29) is 11.3 Å². The normalized spacial score (nSPS) is 13.3. The Morgan fingerprint density at radius 3 is 2.44 bits per heavy atom. The number of aliphatic hydroxyl groups is 1. The van der Waals surface area contributed by atoms with E-state index >= 15 is 0 Å². The van der Waals surface area contributed by atoms with Crippen LogP contribution in [0, 0.1) is 0 Å². The Balaban J connectivity index is 2.33. The Bertz CT molecular complexity index is 508. The lowest BCUT2D eigenvalue weighted by atomic mass is 10.1. The van der Waals surface area contributed by atoms with Crippen LogP contribution in [0.1, 0.15) is 16.5 Å². The maximum absolute atomic E-state index is 12.2. The number of rotatable bonds is 3.